The summed E-state index contributed by atoms with van der Waals surface area (Å²) in [5.41, 5.74) is 0.947. The van der Waals surface area contributed by atoms with Gasteiger partial charge in [-0.25, -0.2) is 9.07 Å². The highest BCUT2D eigenvalue weighted by molar-refractivity contribution is 5.44. The second-order valence-electron chi connectivity index (χ2n) is 6.27. The summed E-state index contributed by atoms with van der Waals surface area (Å²) in [4.78, 5) is 6.36. The summed E-state index contributed by atoms with van der Waals surface area (Å²) in [6.07, 6.45) is 9.01. The lowest BCUT2D eigenvalue weighted by atomic mass is 10.1. The summed E-state index contributed by atoms with van der Waals surface area (Å²) in [6.45, 7) is 2.55. The average molecular weight is 316 g/mol. The van der Waals surface area contributed by atoms with Crippen LogP contribution in [0.4, 0.5) is 10.2 Å². The molecule has 2 aromatic heterocycles. The van der Waals surface area contributed by atoms with Gasteiger partial charge in [0, 0.05) is 32.0 Å². The van der Waals surface area contributed by atoms with Crippen LogP contribution >= 0.6 is 0 Å². The van der Waals surface area contributed by atoms with Gasteiger partial charge in [0.2, 0.25) is 0 Å². The summed E-state index contributed by atoms with van der Waals surface area (Å²) >= 11 is 0. The summed E-state index contributed by atoms with van der Waals surface area (Å²) in [5, 5.41) is 4.56. The van der Waals surface area contributed by atoms with Crippen LogP contribution in [0.5, 0.6) is 0 Å². The first-order valence-electron chi connectivity index (χ1n) is 8.31. The Morgan fingerprint density at radius 1 is 1.17 bits per heavy atom. The van der Waals surface area contributed by atoms with E-state index in [4.69, 9.17) is 4.74 Å². The van der Waals surface area contributed by atoms with Gasteiger partial charge in [-0.15, -0.1) is 0 Å². The average Bonchev–Trinajstić information content (AvgIpc) is 3.24. The second-order valence-corrected chi connectivity index (χ2v) is 6.27. The minimum absolute atomic E-state index is 0.175. The van der Waals surface area contributed by atoms with Gasteiger partial charge in [0.25, 0.3) is 0 Å². The maximum absolute atomic E-state index is 13.5. The second kappa shape index (κ2) is 6.28. The number of rotatable bonds is 3. The first-order valence-corrected chi connectivity index (χ1v) is 8.31. The number of hydrogen-bond donors (Lipinski definition) is 0. The van der Waals surface area contributed by atoms with Gasteiger partial charge in [-0.05, 0) is 37.3 Å². The van der Waals surface area contributed by atoms with Crippen molar-refractivity contribution in [1.29, 1.82) is 0 Å². The number of nitrogens with zero attached hydrogens (tertiary/aromatic N) is 4. The number of aromatic nitrogens is 3. The molecule has 122 valence electrons. The van der Waals surface area contributed by atoms with E-state index >= 15 is 0 Å². The summed E-state index contributed by atoms with van der Waals surface area (Å²) in [6, 6.07) is 4.24. The normalized spacial score (nSPS) is 22.7. The van der Waals surface area contributed by atoms with Crippen LogP contribution in [0.3, 0.4) is 0 Å². The molecule has 0 amide bonds. The Morgan fingerprint density at radius 2 is 2.04 bits per heavy atom. The van der Waals surface area contributed by atoms with E-state index in [0.717, 1.165) is 56.8 Å². The van der Waals surface area contributed by atoms with E-state index in [0.29, 0.717) is 6.04 Å². The highest BCUT2D eigenvalue weighted by Gasteiger charge is 2.30. The molecule has 2 aliphatic heterocycles. The standard InChI is InChI=1S/C17H21FN4O/c18-14-10-13(11-19-12-14)16-2-1-7-21(16)17-3-6-20-22(17)15-4-8-23-9-5-15/h3,6,10-12,15-16H,1-2,4-5,7-9H2/t16-/m1/s1. The zero-order valence-corrected chi connectivity index (χ0v) is 13.1. The maximum Gasteiger partial charge on any atom is 0.141 e. The topological polar surface area (TPSA) is 43.2 Å². The molecule has 0 unspecified atom stereocenters. The number of pyridine rings is 1. The first-order chi connectivity index (χ1) is 11.3. The van der Waals surface area contributed by atoms with Crippen molar-refractivity contribution in [1.82, 2.24) is 14.8 Å². The van der Waals surface area contributed by atoms with Crippen LogP contribution in [0.25, 0.3) is 0 Å². The third-order valence-corrected chi connectivity index (χ3v) is 4.84. The summed E-state index contributed by atoms with van der Waals surface area (Å²) < 4.78 is 21.1. The van der Waals surface area contributed by atoms with Crippen molar-refractivity contribution >= 4 is 5.82 Å². The molecule has 2 fully saturated rings. The van der Waals surface area contributed by atoms with Gasteiger partial charge in [0.1, 0.15) is 11.6 Å². The van der Waals surface area contributed by atoms with Crippen LogP contribution in [0.2, 0.25) is 0 Å². The number of halogens is 1. The van der Waals surface area contributed by atoms with E-state index in [2.05, 4.69) is 25.7 Å². The van der Waals surface area contributed by atoms with Crippen molar-refractivity contribution in [3.63, 3.8) is 0 Å². The van der Waals surface area contributed by atoms with E-state index in [9.17, 15) is 4.39 Å². The summed E-state index contributed by atoms with van der Waals surface area (Å²) in [7, 11) is 0. The Labute approximate surface area is 135 Å². The highest BCUT2D eigenvalue weighted by Crippen LogP contribution is 2.37. The number of hydrogen-bond acceptors (Lipinski definition) is 4. The monoisotopic (exact) mass is 316 g/mol. The Hall–Kier alpha value is -1.95. The van der Waals surface area contributed by atoms with E-state index in [1.54, 1.807) is 12.3 Å². The third-order valence-electron chi connectivity index (χ3n) is 4.84. The molecule has 2 aromatic rings. The molecule has 6 heteroatoms. The Kier molecular flexibility index (Phi) is 3.99. The molecule has 2 aliphatic rings. The molecule has 2 saturated heterocycles. The van der Waals surface area contributed by atoms with Crippen LogP contribution in [0.1, 0.15) is 43.3 Å². The molecule has 4 rings (SSSR count). The van der Waals surface area contributed by atoms with Crippen molar-refractivity contribution in [2.75, 3.05) is 24.7 Å². The molecule has 0 aromatic carbocycles. The fourth-order valence-corrected chi connectivity index (χ4v) is 3.74. The van der Waals surface area contributed by atoms with Crippen molar-refractivity contribution in [3.05, 3.63) is 42.1 Å². The van der Waals surface area contributed by atoms with E-state index in [-0.39, 0.29) is 11.9 Å². The fraction of sp³-hybridized carbons (Fsp3) is 0.529. The fourth-order valence-electron chi connectivity index (χ4n) is 3.74. The lowest BCUT2D eigenvalue weighted by Gasteiger charge is -2.31. The SMILES string of the molecule is Fc1cncc([C@H]2CCCN2c2ccnn2C2CCOCC2)c1. The van der Waals surface area contributed by atoms with Crippen molar-refractivity contribution in [2.24, 2.45) is 0 Å². The first kappa shape index (κ1) is 14.6. The molecule has 0 aliphatic carbocycles. The van der Waals surface area contributed by atoms with Crippen LogP contribution < -0.4 is 4.90 Å². The molecule has 0 spiro atoms. The van der Waals surface area contributed by atoms with Crippen LogP contribution in [-0.2, 0) is 4.74 Å². The predicted molar refractivity (Wildman–Crippen MR) is 84.8 cm³/mol. The van der Waals surface area contributed by atoms with Gasteiger partial charge >= 0.3 is 0 Å². The molecule has 0 radical (unpaired) electrons. The van der Waals surface area contributed by atoms with Crippen LogP contribution in [0.15, 0.2) is 30.7 Å². The Morgan fingerprint density at radius 3 is 2.87 bits per heavy atom. The minimum Gasteiger partial charge on any atom is -0.381 e. The molecule has 5 nitrogen and oxygen atoms in total. The van der Waals surface area contributed by atoms with Gasteiger partial charge in [0.05, 0.1) is 24.5 Å². The quantitative estimate of drug-likeness (QED) is 0.873. The van der Waals surface area contributed by atoms with Gasteiger partial charge in [0.15, 0.2) is 0 Å². The van der Waals surface area contributed by atoms with Gasteiger partial charge in [-0.1, -0.05) is 0 Å². The molecule has 0 N–H and O–H groups in total. The highest BCUT2D eigenvalue weighted by atomic mass is 19.1. The van der Waals surface area contributed by atoms with Gasteiger partial charge < -0.3 is 9.64 Å². The maximum atomic E-state index is 13.5. The smallest absolute Gasteiger partial charge is 0.141 e. The van der Waals surface area contributed by atoms with Crippen molar-refractivity contribution < 1.29 is 9.13 Å². The molecule has 0 bridgehead atoms. The molecule has 4 heterocycles. The molecule has 1 atom stereocenters. The van der Waals surface area contributed by atoms with E-state index in [1.807, 2.05) is 6.20 Å². The van der Waals surface area contributed by atoms with Crippen molar-refractivity contribution in [2.45, 2.75) is 37.8 Å². The lowest BCUT2D eigenvalue weighted by Crippen LogP contribution is -2.29. The van der Waals surface area contributed by atoms with Crippen molar-refractivity contribution in [3.8, 4) is 0 Å². The zero-order valence-electron chi connectivity index (χ0n) is 13.1. The molecule has 23 heavy (non-hydrogen) atoms. The Bertz CT molecular complexity index is 668. The lowest BCUT2D eigenvalue weighted by molar-refractivity contribution is 0.0665. The van der Waals surface area contributed by atoms with Crippen LogP contribution in [0, 0.1) is 5.82 Å². The van der Waals surface area contributed by atoms with E-state index < -0.39 is 0 Å². The zero-order chi connectivity index (χ0) is 15.6. The van der Waals surface area contributed by atoms with E-state index in [1.165, 1.54) is 6.20 Å². The van der Waals surface area contributed by atoms with Gasteiger partial charge in [-0.2, -0.15) is 5.10 Å². The largest absolute Gasteiger partial charge is 0.381 e. The summed E-state index contributed by atoms with van der Waals surface area (Å²) in [5.74, 6) is 0.857. The minimum atomic E-state index is -0.271. The Balaban J connectivity index is 1.63. The molecule has 0 saturated carbocycles. The van der Waals surface area contributed by atoms with Crippen LogP contribution in [-0.4, -0.2) is 34.5 Å². The van der Waals surface area contributed by atoms with Gasteiger partial charge in [-0.3, -0.25) is 4.98 Å². The number of anilines is 1. The molecular formula is C17H21FN4O. The molecular weight excluding hydrogens is 295 g/mol. The number of ether oxygens (including phenoxy) is 1. The predicted octanol–water partition coefficient (Wildman–Crippen LogP) is 3.11. The third kappa shape index (κ3) is 2.83.